The number of anilines is 1. The lowest BCUT2D eigenvalue weighted by Crippen LogP contribution is -2.36. The molecule has 0 bridgehead atoms. The summed E-state index contributed by atoms with van der Waals surface area (Å²) in [4.78, 5) is 16.5. The SMILES string of the molecule is CS[C@@H]1CC[C@@H](NC(=O)Nc2cnc3c(c2)c(C)nn3C)C1. The molecular weight excluding hydrogens is 298 g/mol. The van der Waals surface area contributed by atoms with Crippen LogP contribution in [0, 0.1) is 6.92 Å². The molecule has 2 aromatic rings. The molecule has 1 fully saturated rings. The highest BCUT2D eigenvalue weighted by Crippen LogP contribution is 2.28. The molecule has 2 heterocycles. The van der Waals surface area contributed by atoms with Gasteiger partial charge in [0.1, 0.15) is 0 Å². The van der Waals surface area contributed by atoms with Crippen LogP contribution in [0.1, 0.15) is 25.0 Å². The minimum Gasteiger partial charge on any atom is -0.335 e. The van der Waals surface area contributed by atoms with Crippen LogP contribution >= 0.6 is 11.8 Å². The monoisotopic (exact) mass is 319 g/mol. The molecule has 118 valence electrons. The second-order valence-corrected chi connectivity index (χ2v) is 6.91. The van der Waals surface area contributed by atoms with Crippen molar-refractivity contribution in [3.63, 3.8) is 0 Å². The van der Waals surface area contributed by atoms with Crippen molar-refractivity contribution in [3.8, 4) is 0 Å². The molecule has 0 unspecified atom stereocenters. The quantitative estimate of drug-likeness (QED) is 0.912. The summed E-state index contributed by atoms with van der Waals surface area (Å²) >= 11 is 1.88. The minimum absolute atomic E-state index is 0.158. The van der Waals surface area contributed by atoms with Gasteiger partial charge in [0.15, 0.2) is 5.65 Å². The van der Waals surface area contributed by atoms with Crippen molar-refractivity contribution in [2.24, 2.45) is 7.05 Å². The van der Waals surface area contributed by atoms with Gasteiger partial charge in [-0.2, -0.15) is 16.9 Å². The Kier molecular flexibility index (Phi) is 4.24. The molecule has 1 aliphatic carbocycles. The highest BCUT2D eigenvalue weighted by atomic mass is 32.2. The van der Waals surface area contributed by atoms with Gasteiger partial charge in [0, 0.05) is 23.7 Å². The van der Waals surface area contributed by atoms with E-state index in [0.29, 0.717) is 10.9 Å². The summed E-state index contributed by atoms with van der Waals surface area (Å²) in [5.41, 5.74) is 2.43. The van der Waals surface area contributed by atoms with E-state index in [0.717, 1.165) is 29.6 Å². The van der Waals surface area contributed by atoms with Crippen molar-refractivity contribution in [1.82, 2.24) is 20.1 Å². The lowest BCUT2D eigenvalue weighted by Gasteiger charge is -2.13. The Labute approximate surface area is 134 Å². The van der Waals surface area contributed by atoms with Gasteiger partial charge in [-0.05, 0) is 38.5 Å². The molecule has 2 atom stereocenters. The molecule has 2 N–H and O–H groups in total. The van der Waals surface area contributed by atoms with Crippen LogP contribution in [0.5, 0.6) is 0 Å². The molecule has 1 aliphatic rings. The van der Waals surface area contributed by atoms with E-state index in [2.05, 4.69) is 27.0 Å². The molecule has 2 amide bonds. The van der Waals surface area contributed by atoms with E-state index in [-0.39, 0.29) is 12.1 Å². The maximum Gasteiger partial charge on any atom is 0.319 e. The Hall–Kier alpha value is -1.76. The first-order valence-electron chi connectivity index (χ1n) is 7.46. The predicted molar refractivity (Wildman–Crippen MR) is 90.3 cm³/mol. The van der Waals surface area contributed by atoms with Gasteiger partial charge in [-0.3, -0.25) is 4.68 Å². The Bertz CT molecular complexity index is 699. The highest BCUT2D eigenvalue weighted by molar-refractivity contribution is 7.99. The summed E-state index contributed by atoms with van der Waals surface area (Å²) in [6.07, 6.45) is 7.08. The second-order valence-electron chi connectivity index (χ2n) is 5.77. The first-order chi connectivity index (χ1) is 10.6. The van der Waals surface area contributed by atoms with Crippen LogP contribution in [-0.2, 0) is 7.05 Å². The van der Waals surface area contributed by atoms with Gasteiger partial charge in [0.2, 0.25) is 0 Å². The lowest BCUT2D eigenvalue weighted by molar-refractivity contribution is 0.248. The number of hydrogen-bond acceptors (Lipinski definition) is 4. The van der Waals surface area contributed by atoms with Crippen molar-refractivity contribution in [3.05, 3.63) is 18.0 Å². The Morgan fingerprint density at radius 1 is 1.45 bits per heavy atom. The number of rotatable bonds is 3. The van der Waals surface area contributed by atoms with E-state index >= 15 is 0 Å². The van der Waals surface area contributed by atoms with Gasteiger partial charge < -0.3 is 10.6 Å². The molecule has 6 nitrogen and oxygen atoms in total. The number of carbonyl (C=O) groups excluding carboxylic acids is 1. The van der Waals surface area contributed by atoms with Crippen LogP contribution in [0.25, 0.3) is 11.0 Å². The predicted octanol–water partition coefficient (Wildman–Crippen LogP) is 2.68. The molecule has 2 aromatic heterocycles. The average Bonchev–Trinajstić information content (AvgIpc) is 3.04. The number of hydrogen-bond donors (Lipinski definition) is 2. The van der Waals surface area contributed by atoms with Crippen molar-refractivity contribution in [2.45, 2.75) is 37.5 Å². The van der Waals surface area contributed by atoms with Gasteiger partial charge in [-0.1, -0.05) is 0 Å². The fourth-order valence-corrected chi connectivity index (χ4v) is 3.81. The number of fused-ring (bicyclic) bond motifs is 1. The number of thioether (sulfide) groups is 1. The largest absolute Gasteiger partial charge is 0.335 e. The zero-order valence-electron chi connectivity index (χ0n) is 13.1. The maximum atomic E-state index is 12.1. The Morgan fingerprint density at radius 3 is 3.00 bits per heavy atom. The topological polar surface area (TPSA) is 71.8 Å². The molecule has 0 saturated heterocycles. The number of nitrogens with one attached hydrogen (secondary N) is 2. The summed E-state index contributed by atoms with van der Waals surface area (Å²) in [6, 6.07) is 2.03. The normalized spacial score (nSPS) is 21.2. The molecule has 0 spiro atoms. The van der Waals surface area contributed by atoms with Crippen LogP contribution in [0.15, 0.2) is 12.3 Å². The Balaban J connectivity index is 1.65. The number of carbonyl (C=O) groups is 1. The minimum atomic E-state index is -0.158. The van der Waals surface area contributed by atoms with Crippen LogP contribution in [0.3, 0.4) is 0 Å². The summed E-state index contributed by atoms with van der Waals surface area (Å²) < 4.78 is 1.75. The van der Waals surface area contributed by atoms with E-state index < -0.39 is 0 Å². The van der Waals surface area contributed by atoms with E-state index in [9.17, 15) is 4.79 Å². The molecular formula is C15H21N5OS. The van der Waals surface area contributed by atoms with Gasteiger partial charge >= 0.3 is 6.03 Å². The van der Waals surface area contributed by atoms with E-state index in [1.165, 1.54) is 6.42 Å². The van der Waals surface area contributed by atoms with Crippen LogP contribution in [0.2, 0.25) is 0 Å². The number of urea groups is 1. The summed E-state index contributed by atoms with van der Waals surface area (Å²) in [5, 5.41) is 11.9. The van der Waals surface area contributed by atoms with Crippen molar-refractivity contribution < 1.29 is 4.79 Å². The maximum absolute atomic E-state index is 12.1. The van der Waals surface area contributed by atoms with Gasteiger partial charge in [0.25, 0.3) is 0 Å². The van der Waals surface area contributed by atoms with Crippen LogP contribution < -0.4 is 10.6 Å². The van der Waals surface area contributed by atoms with Gasteiger partial charge in [-0.25, -0.2) is 9.78 Å². The standard InChI is InChI=1S/C15H21N5OS/c1-9-13-7-11(8-16-14(13)20(2)19-9)18-15(21)17-10-4-5-12(6-10)22-3/h7-8,10,12H,4-6H2,1-3H3,(H2,17,18,21)/t10-,12-/m1/s1. The molecule has 7 heteroatoms. The number of aromatic nitrogens is 3. The van der Waals surface area contributed by atoms with Crippen LogP contribution in [0.4, 0.5) is 10.5 Å². The van der Waals surface area contributed by atoms with E-state index in [1.54, 1.807) is 10.9 Å². The molecule has 0 aliphatic heterocycles. The fourth-order valence-electron chi connectivity index (χ4n) is 3.01. The fraction of sp³-hybridized carbons (Fsp3) is 0.533. The van der Waals surface area contributed by atoms with Gasteiger partial charge in [0.05, 0.1) is 17.6 Å². The van der Waals surface area contributed by atoms with E-state index in [4.69, 9.17) is 0 Å². The smallest absolute Gasteiger partial charge is 0.319 e. The van der Waals surface area contributed by atoms with Crippen molar-refractivity contribution in [2.75, 3.05) is 11.6 Å². The highest BCUT2D eigenvalue weighted by Gasteiger charge is 2.25. The third kappa shape index (κ3) is 3.04. The first-order valence-corrected chi connectivity index (χ1v) is 8.75. The number of nitrogens with zero attached hydrogens (tertiary/aromatic N) is 3. The lowest BCUT2D eigenvalue weighted by atomic mass is 10.2. The molecule has 0 radical (unpaired) electrons. The van der Waals surface area contributed by atoms with Crippen LogP contribution in [-0.4, -0.2) is 38.3 Å². The average molecular weight is 319 g/mol. The van der Waals surface area contributed by atoms with E-state index in [1.807, 2.05) is 31.8 Å². The molecule has 3 rings (SSSR count). The third-order valence-electron chi connectivity index (χ3n) is 4.17. The zero-order chi connectivity index (χ0) is 15.7. The zero-order valence-corrected chi connectivity index (χ0v) is 13.9. The summed E-state index contributed by atoms with van der Waals surface area (Å²) in [7, 11) is 1.87. The molecule has 0 aromatic carbocycles. The third-order valence-corrected chi connectivity index (χ3v) is 5.27. The van der Waals surface area contributed by atoms with Crippen molar-refractivity contribution >= 4 is 34.5 Å². The summed E-state index contributed by atoms with van der Waals surface area (Å²) in [6.45, 7) is 1.94. The number of pyridine rings is 1. The molecule has 1 saturated carbocycles. The van der Waals surface area contributed by atoms with Crippen molar-refractivity contribution in [1.29, 1.82) is 0 Å². The van der Waals surface area contributed by atoms with Gasteiger partial charge in [-0.15, -0.1) is 0 Å². The Morgan fingerprint density at radius 2 is 2.27 bits per heavy atom. The number of amides is 2. The number of aryl methyl sites for hydroxylation is 2. The first kappa shape index (κ1) is 15.1. The second kappa shape index (κ2) is 6.16. The molecule has 22 heavy (non-hydrogen) atoms. The summed E-state index contributed by atoms with van der Waals surface area (Å²) in [5.74, 6) is 0.